The van der Waals surface area contributed by atoms with Gasteiger partial charge in [0, 0.05) is 6.42 Å². The standard InChI is InChI=1S/C16H27N5O8S/c1-30-5-4-9(15(27)21-10(16(28)29)2-3-11(18)22)20-12(23)7-19-14(26)8(17)6-13(24)25/h8-10H,2-7,17H2,1H3,(H2,18,22)(H,19,26)(H,20,23)(H,21,27)(H,24,25)(H,28,29). The van der Waals surface area contributed by atoms with Crippen molar-refractivity contribution < 1.29 is 39.0 Å². The lowest BCUT2D eigenvalue weighted by molar-refractivity contribution is -0.142. The zero-order valence-corrected chi connectivity index (χ0v) is 17.2. The van der Waals surface area contributed by atoms with Crippen LogP contribution in [0.3, 0.4) is 0 Å². The molecule has 0 aromatic carbocycles. The summed E-state index contributed by atoms with van der Waals surface area (Å²) in [6, 6.07) is -3.80. The molecule has 0 saturated heterocycles. The molecule has 0 spiro atoms. The Balaban J connectivity index is 4.88. The van der Waals surface area contributed by atoms with Crippen molar-refractivity contribution in [3.05, 3.63) is 0 Å². The fourth-order valence-electron chi connectivity index (χ4n) is 2.15. The van der Waals surface area contributed by atoms with Gasteiger partial charge in [-0.3, -0.25) is 24.0 Å². The van der Waals surface area contributed by atoms with Gasteiger partial charge in [-0.05, 0) is 24.9 Å². The summed E-state index contributed by atoms with van der Waals surface area (Å²) in [6.07, 6.45) is 0.869. The van der Waals surface area contributed by atoms with Crippen LogP contribution in [0.5, 0.6) is 0 Å². The molecule has 30 heavy (non-hydrogen) atoms. The minimum absolute atomic E-state index is 0.174. The second kappa shape index (κ2) is 14.2. The molecule has 0 fully saturated rings. The summed E-state index contributed by atoms with van der Waals surface area (Å²) in [5, 5.41) is 24.6. The Hall–Kier alpha value is -2.87. The van der Waals surface area contributed by atoms with Crippen molar-refractivity contribution in [3.8, 4) is 0 Å². The number of nitrogens with one attached hydrogen (secondary N) is 3. The molecule has 0 radical (unpaired) electrons. The van der Waals surface area contributed by atoms with E-state index in [4.69, 9.17) is 16.6 Å². The number of primary amides is 1. The van der Waals surface area contributed by atoms with Gasteiger partial charge in [-0.2, -0.15) is 11.8 Å². The monoisotopic (exact) mass is 449 g/mol. The lowest BCUT2D eigenvalue weighted by Crippen LogP contribution is -2.54. The second-order valence-corrected chi connectivity index (χ2v) is 7.21. The molecule has 0 aliphatic heterocycles. The molecule has 170 valence electrons. The molecule has 0 bridgehead atoms. The Bertz CT molecular complexity index is 660. The molecule has 3 unspecified atom stereocenters. The molecule has 4 amide bonds. The number of thioether (sulfide) groups is 1. The zero-order chi connectivity index (χ0) is 23.3. The molecule has 0 aliphatic rings. The summed E-state index contributed by atoms with van der Waals surface area (Å²) in [4.78, 5) is 68.8. The van der Waals surface area contributed by atoms with Gasteiger partial charge in [0.2, 0.25) is 23.6 Å². The first-order chi connectivity index (χ1) is 14.0. The summed E-state index contributed by atoms with van der Waals surface area (Å²) in [7, 11) is 0. The van der Waals surface area contributed by atoms with Gasteiger partial charge < -0.3 is 37.6 Å². The molecular formula is C16H27N5O8S. The van der Waals surface area contributed by atoms with E-state index >= 15 is 0 Å². The number of hydrogen-bond donors (Lipinski definition) is 7. The Labute approximate surface area is 176 Å². The quantitative estimate of drug-likeness (QED) is 0.134. The van der Waals surface area contributed by atoms with Gasteiger partial charge in [0.15, 0.2) is 0 Å². The van der Waals surface area contributed by atoms with Crippen molar-refractivity contribution in [1.82, 2.24) is 16.0 Å². The van der Waals surface area contributed by atoms with Gasteiger partial charge in [-0.25, -0.2) is 4.79 Å². The van der Waals surface area contributed by atoms with Gasteiger partial charge in [0.05, 0.1) is 19.0 Å². The first-order valence-corrected chi connectivity index (χ1v) is 10.2. The minimum atomic E-state index is -1.37. The van der Waals surface area contributed by atoms with E-state index in [0.29, 0.717) is 5.75 Å². The maximum Gasteiger partial charge on any atom is 0.326 e. The Kier molecular flexibility index (Phi) is 12.8. The van der Waals surface area contributed by atoms with Crippen LogP contribution >= 0.6 is 11.8 Å². The van der Waals surface area contributed by atoms with Crippen LogP contribution in [0.25, 0.3) is 0 Å². The van der Waals surface area contributed by atoms with E-state index in [-0.39, 0.29) is 19.3 Å². The third-order valence-corrected chi connectivity index (χ3v) is 4.35. The van der Waals surface area contributed by atoms with E-state index in [1.54, 1.807) is 6.26 Å². The lowest BCUT2D eigenvalue weighted by atomic mass is 10.1. The maximum atomic E-state index is 12.4. The molecule has 3 atom stereocenters. The molecule has 13 nitrogen and oxygen atoms in total. The summed E-state index contributed by atoms with van der Waals surface area (Å²) >= 11 is 1.39. The van der Waals surface area contributed by atoms with Crippen LogP contribution in [-0.4, -0.2) is 82.5 Å². The van der Waals surface area contributed by atoms with E-state index < -0.39 is 66.7 Å². The Morgan fingerprint density at radius 3 is 2.10 bits per heavy atom. The van der Waals surface area contributed by atoms with Gasteiger partial charge >= 0.3 is 11.9 Å². The highest BCUT2D eigenvalue weighted by atomic mass is 32.2. The van der Waals surface area contributed by atoms with Crippen molar-refractivity contribution in [1.29, 1.82) is 0 Å². The SMILES string of the molecule is CSCCC(NC(=O)CNC(=O)C(N)CC(=O)O)C(=O)NC(CCC(N)=O)C(=O)O. The van der Waals surface area contributed by atoms with Gasteiger partial charge in [0.1, 0.15) is 12.1 Å². The van der Waals surface area contributed by atoms with Crippen LogP contribution in [-0.2, 0) is 28.8 Å². The van der Waals surface area contributed by atoms with Crippen LogP contribution in [0.15, 0.2) is 0 Å². The molecule has 0 saturated carbocycles. The minimum Gasteiger partial charge on any atom is -0.481 e. The summed E-state index contributed by atoms with van der Waals surface area (Å²) in [5.74, 6) is -5.28. The van der Waals surface area contributed by atoms with Crippen molar-refractivity contribution in [2.24, 2.45) is 11.5 Å². The number of carbonyl (C=O) groups is 6. The number of carboxylic acid groups (broad SMARTS) is 2. The first kappa shape index (κ1) is 27.1. The average molecular weight is 449 g/mol. The zero-order valence-electron chi connectivity index (χ0n) is 16.4. The number of aliphatic carboxylic acids is 2. The van der Waals surface area contributed by atoms with E-state index in [2.05, 4.69) is 16.0 Å². The van der Waals surface area contributed by atoms with Crippen molar-refractivity contribution in [2.75, 3.05) is 18.6 Å². The maximum absolute atomic E-state index is 12.4. The number of amides is 4. The van der Waals surface area contributed by atoms with Crippen LogP contribution in [0.2, 0.25) is 0 Å². The van der Waals surface area contributed by atoms with Crippen LogP contribution < -0.4 is 27.4 Å². The first-order valence-electron chi connectivity index (χ1n) is 8.82. The van der Waals surface area contributed by atoms with Crippen LogP contribution in [0.4, 0.5) is 0 Å². The Morgan fingerprint density at radius 1 is 0.967 bits per heavy atom. The number of rotatable bonds is 15. The Morgan fingerprint density at radius 2 is 1.60 bits per heavy atom. The predicted molar refractivity (Wildman–Crippen MR) is 106 cm³/mol. The summed E-state index contributed by atoms with van der Waals surface area (Å²) < 4.78 is 0. The molecule has 0 aliphatic carbocycles. The lowest BCUT2D eigenvalue weighted by Gasteiger charge is -2.21. The molecular weight excluding hydrogens is 422 g/mol. The third kappa shape index (κ3) is 11.9. The molecule has 0 rings (SSSR count). The number of carboxylic acids is 2. The highest BCUT2D eigenvalue weighted by molar-refractivity contribution is 7.98. The number of carbonyl (C=O) groups excluding carboxylic acids is 4. The summed E-state index contributed by atoms with van der Waals surface area (Å²) in [5.41, 5.74) is 10.4. The van der Waals surface area contributed by atoms with E-state index in [9.17, 15) is 33.9 Å². The summed E-state index contributed by atoms with van der Waals surface area (Å²) in [6.45, 7) is -0.556. The van der Waals surface area contributed by atoms with Gasteiger partial charge in [-0.15, -0.1) is 0 Å². The van der Waals surface area contributed by atoms with E-state index in [1.807, 2.05) is 0 Å². The fourth-order valence-corrected chi connectivity index (χ4v) is 2.62. The third-order valence-electron chi connectivity index (χ3n) is 3.71. The van der Waals surface area contributed by atoms with E-state index in [1.165, 1.54) is 11.8 Å². The molecule has 9 N–H and O–H groups in total. The van der Waals surface area contributed by atoms with Gasteiger partial charge in [0.25, 0.3) is 0 Å². The largest absolute Gasteiger partial charge is 0.481 e. The highest BCUT2D eigenvalue weighted by Gasteiger charge is 2.27. The molecule has 0 aromatic heterocycles. The van der Waals surface area contributed by atoms with Gasteiger partial charge in [-0.1, -0.05) is 0 Å². The molecule has 0 heterocycles. The highest BCUT2D eigenvalue weighted by Crippen LogP contribution is 2.04. The fraction of sp³-hybridized carbons (Fsp3) is 0.625. The second-order valence-electron chi connectivity index (χ2n) is 6.23. The number of nitrogens with two attached hydrogens (primary N) is 2. The van der Waals surface area contributed by atoms with Crippen molar-refractivity contribution in [3.63, 3.8) is 0 Å². The van der Waals surface area contributed by atoms with Crippen LogP contribution in [0, 0.1) is 0 Å². The number of hydrogen-bond acceptors (Lipinski definition) is 8. The van der Waals surface area contributed by atoms with Crippen molar-refractivity contribution >= 4 is 47.3 Å². The average Bonchev–Trinajstić information content (AvgIpc) is 2.65. The normalized spacial score (nSPS) is 13.4. The smallest absolute Gasteiger partial charge is 0.326 e. The topological polar surface area (TPSA) is 231 Å². The predicted octanol–water partition coefficient (Wildman–Crippen LogP) is -3.02. The van der Waals surface area contributed by atoms with Crippen LogP contribution in [0.1, 0.15) is 25.7 Å². The van der Waals surface area contributed by atoms with E-state index in [0.717, 1.165) is 0 Å². The molecule has 14 heteroatoms. The molecule has 0 aromatic rings. The van der Waals surface area contributed by atoms with Crippen molar-refractivity contribution in [2.45, 2.75) is 43.8 Å².